The van der Waals surface area contributed by atoms with Gasteiger partial charge in [0, 0.05) is 0 Å². The second-order valence-corrected chi connectivity index (χ2v) is 1.64. The number of hydrogen-bond donors (Lipinski definition) is 0. The first-order valence-electron chi connectivity index (χ1n) is 2.70. The summed E-state index contributed by atoms with van der Waals surface area (Å²) in [5.41, 5.74) is 1.03. The van der Waals surface area contributed by atoms with Gasteiger partial charge in [-0.25, -0.2) is 0 Å². The highest BCUT2D eigenvalue weighted by Crippen LogP contribution is 1.93. The van der Waals surface area contributed by atoms with Crippen molar-refractivity contribution in [2.75, 3.05) is 14.2 Å². The van der Waals surface area contributed by atoms with Crippen LogP contribution in [0.15, 0.2) is 24.2 Å². The molecular weight excluding hydrogens is 116 g/mol. The summed E-state index contributed by atoms with van der Waals surface area (Å²) in [6, 6.07) is 0. The van der Waals surface area contributed by atoms with Crippen LogP contribution >= 0.6 is 0 Å². The van der Waals surface area contributed by atoms with Gasteiger partial charge in [-0.3, -0.25) is 0 Å². The first kappa shape index (κ1) is 8.08. The van der Waals surface area contributed by atoms with Crippen LogP contribution in [-0.2, 0) is 9.47 Å². The van der Waals surface area contributed by atoms with Crippen molar-refractivity contribution in [1.82, 2.24) is 0 Å². The Morgan fingerprint density at radius 1 is 1.22 bits per heavy atom. The SMILES string of the molecule is CO/C=C/C(C)=C/OC. The summed E-state index contributed by atoms with van der Waals surface area (Å²) >= 11 is 0. The van der Waals surface area contributed by atoms with Gasteiger partial charge in [-0.15, -0.1) is 0 Å². The molecule has 52 valence electrons. The van der Waals surface area contributed by atoms with Crippen molar-refractivity contribution in [3.8, 4) is 0 Å². The molecule has 0 saturated carbocycles. The molecule has 0 spiro atoms. The van der Waals surface area contributed by atoms with Crippen LogP contribution in [-0.4, -0.2) is 14.2 Å². The van der Waals surface area contributed by atoms with Gasteiger partial charge in [0.2, 0.25) is 0 Å². The third-order valence-electron chi connectivity index (χ3n) is 0.771. The molecule has 0 fully saturated rings. The van der Waals surface area contributed by atoms with E-state index >= 15 is 0 Å². The molecule has 0 aromatic heterocycles. The first-order valence-corrected chi connectivity index (χ1v) is 2.70. The number of rotatable bonds is 3. The molecule has 0 aromatic carbocycles. The molecule has 0 rings (SSSR count). The predicted octanol–water partition coefficient (Wildman–Crippen LogP) is 1.70. The van der Waals surface area contributed by atoms with E-state index in [-0.39, 0.29) is 0 Å². The Morgan fingerprint density at radius 3 is 2.33 bits per heavy atom. The molecule has 0 saturated heterocycles. The number of hydrogen-bond acceptors (Lipinski definition) is 2. The molecule has 0 aromatic rings. The second kappa shape index (κ2) is 5.22. The van der Waals surface area contributed by atoms with Gasteiger partial charge >= 0.3 is 0 Å². The number of ether oxygens (including phenoxy) is 2. The molecular formula is C7H12O2. The molecule has 0 aliphatic carbocycles. The van der Waals surface area contributed by atoms with Crippen molar-refractivity contribution >= 4 is 0 Å². The van der Waals surface area contributed by atoms with E-state index in [0.717, 1.165) is 5.57 Å². The smallest absolute Gasteiger partial charge is 0.0854 e. The van der Waals surface area contributed by atoms with Crippen molar-refractivity contribution in [2.24, 2.45) is 0 Å². The van der Waals surface area contributed by atoms with Crippen molar-refractivity contribution in [2.45, 2.75) is 6.92 Å². The van der Waals surface area contributed by atoms with E-state index < -0.39 is 0 Å². The maximum Gasteiger partial charge on any atom is 0.0854 e. The Balaban J connectivity index is 3.60. The lowest BCUT2D eigenvalue weighted by Crippen LogP contribution is -1.72. The van der Waals surface area contributed by atoms with Gasteiger partial charge in [-0.2, -0.15) is 0 Å². The fraction of sp³-hybridized carbons (Fsp3) is 0.429. The average Bonchev–Trinajstić information content (AvgIpc) is 1.85. The van der Waals surface area contributed by atoms with Gasteiger partial charge in [0.1, 0.15) is 0 Å². The third kappa shape index (κ3) is 4.94. The third-order valence-corrected chi connectivity index (χ3v) is 0.771. The molecule has 0 aliphatic heterocycles. The Kier molecular flexibility index (Phi) is 4.69. The lowest BCUT2D eigenvalue weighted by atomic mass is 10.3. The summed E-state index contributed by atoms with van der Waals surface area (Å²) in [5.74, 6) is 0. The van der Waals surface area contributed by atoms with Crippen LogP contribution in [0.2, 0.25) is 0 Å². The summed E-state index contributed by atoms with van der Waals surface area (Å²) in [6.07, 6.45) is 5.07. The summed E-state index contributed by atoms with van der Waals surface area (Å²) < 4.78 is 9.41. The minimum Gasteiger partial charge on any atom is -0.504 e. The molecule has 0 unspecified atom stereocenters. The summed E-state index contributed by atoms with van der Waals surface area (Å²) in [6.45, 7) is 1.93. The highest BCUT2D eigenvalue weighted by molar-refractivity contribution is 5.11. The molecule has 0 heterocycles. The molecule has 0 amide bonds. The van der Waals surface area contributed by atoms with E-state index in [2.05, 4.69) is 4.74 Å². The average molecular weight is 128 g/mol. The minimum absolute atomic E-state index is 1.03. The first-order chi connectivity index (χ1) is 4.31. The van der Waals surface area contributed by atoms with Gasteiger partial charge in [0.15, 0.2) is 0 Å². The highest BCUT2D eigenvalue weighted by Gasteiger charge is 1.77. The Bertz CT molecular complexity index is 114. The van der Waals surface area contributed by atoms with Crippen molar-refractivity contribution in [1.29, 1.82) is 0 Å². The van der Waals surface area contributed by atoms with E-state index in [1.807, 2.05) is 13.0 Å². The van der Waals surface area contributed by atoms with Crippen LogP contribution in [0.5, 0.6) is 0 Å². The van der Waals surface area contributed by atoms with E-state index in [1.54, 1.807) is 26.7 Å². The Morgan fingerprint density at radius 2 is 1.89 bits per heavy atom. The largest absolute Gasteiger partial charge is 0.504 e. The highest BCUT2D eigenvalue weighted by atomic mass is 16.5. The molecule has 0 aliphatic rings. The molecule has 0 bridgehead atoms. The van der Waals surface area contributed by atoms with E-state index in [1.165, 1.54) is 0 Å². The Labute approximate surface area is 55.8 Å². The normalized spacial score (nSPS) is 12.1. The summed E-state index contributed by atoms with van der Waals surface area (Å²) in [4.78, 5) is 0. The van der Waals surface area contributed by atoms with Crippen LogP contribution in [0, 0.1) is 0 Å². The van der Waals surface area contributed by atoms with Crippen molar-refractivity contribution < 1.29 is 9.47 Å². The lowest BCUT2D eigenvalue weighted by Gasteiger charge is -1.90. The van der Waals surface area contributed by atoms with Crippen molar-refractivity contribution in [3.05, 3.63) is 24.2 Å². The maximum absolute atomic E-state index is 4.73. The predicted molar refractivity (Wildman–Crippen MR) is 36.9 cm³/mol. The van der Waals surface area contributed by atoms with Crippen molar-refractivity contribution in [3.63, 3.8) is 0 Å². The van der Waals surface area contributed by atoms with Gasteiger partial charge in [-0.1, -0.05) is 0 Å². The molecule has 2 heteroatoms. The molecule has 0 radical (unpaired) electrons. The topological polar surface area (TPSA) is 18.5 Å². The van der Waals surface area contributed by atoms with Gasteiger partial charge < -0.3 is 9.47 Å². The monoisotopic (exact) mass is 128 g/mol. The fourth-order valence-corrected chi connectivity index (χ4v) is 0.401. The number of allylic oxidation sites excluding steroid dienone is 2. The van der Waals surface area contributed by atoms with Gasteiger partial charge in [0.25, 0.3) is 0 Å². The molecule has 0 atom stereocenters. The zero-order valence-electron chi connectivity index (χ0n) is 6.05. The van der Waals surface area contributed by atoms with Gasteiger partial charge in [-0.05, 0) is 18.6 Å². The molecule has 0 N–H and O–H groups in total. The van der Waals surface area contributed by atoms with E-state index in [9.17, 15) is 0 Å². The molecule has 2 nitrogen and oxygen atoms in total. The van der Waals surface area contributed by atoms with Crippen LogP contribution in [0.3, 0.4) is 0 Å². The number of methoxy groups -OCH3 is 2. The zero-order valence-corrected chi connectivity index (χ0v) is 6.05. The summed E-state index contributed by atoms with van der Waals surface area (Å²) in [7, 11) is 3.22. The van der Waals surface area contributed by atoms with E-state index in [4.69, 9.17) is 4.74 Å². The standard InChI is InChI=1S/C7H12O2/c1-7(6-9-3)4-5-8-2/h4-6H,1-3H3/b5-4+,7-6+. The second-order valence-electron chi connectivity index (χ2n) is 1.64. The lowest BCUT2D eigenvalue weighted by molar-refractivity contribution is 0.330. The quantitative estimate of drug-likeness (QED) is 0.425. The van der Waals surface area contributed by atoms with Crippen LogP contribution in [0.25, 0.3) is 0 Å². The van der Waals surface area contributed by atoms with Crippen LogP contribution < -0.4 is 0 Å². The zero-order chi connectivity index (χ0) is 7.11. The maximum atomic E-state index is 4.73. The summed E-state index contributed by atoms with van der Waals surface area (Å²) in [5, 5.41) is 0. The van der Waals surface area contributed by atoms with E-state index in [0.29, 0.717) is 0 Å². The van der Waals surface area contributed by atoms with Crippen LogP contribution in [0.4, 0.5) is 0 Å². The van der Waals surface area contributed by atoms with Crippen LogP contribution in [0.1, 0.15) is 6.92 Å². The van der Waals surface area contributed by atoms with Gasteiger partial charge in [0.05, 0.1) is 26.7 Å². The molecule has 9 heavy (non-hydrogen) atoms. The Hall–Kier alpha value is -0.920. The fourth-order valence-electron chi connectivity index (χ4n) is 0.401. The minimum atomic E-state index is 1.03.